The molecule has 0 radical (unpaired) electrons. The summed E-state index contributed by atoms with van der Waals surface area (Å²) in [5.41, 5.74) is 2.33. The van der Waals surface area contributed by atoms with Crippen molar-refractivity contribution in [3.8, 4) is 5.75 Å². The molecule has 2 aromatic rings. The molecule has 8 heteroatoms. The van der Waals surface area contributed by atoms with Crippen molar-refractivity contribution in [3.05, 3.63) is 46.2 Å². The van der Waals surface area contributed by atoms with Gasteiger partial charge in [0.05, 0.1) is 18.5 Å². The summed E-state index contributed by atoms with van der Waals surface area (Å²) in [5, 5.41) is 7.69. The summed E-state index contributed by atoms with van der Waals surface area (Å²) in [5.74, 6) is -0.0706. The van der Waals surface area contributed by atoms with Crippen molar-refractivity contribution in [1.82, 2.24) is 14.7 Å². The minimum atomic E-state index is -0.366. The second-order valence-electron chi connectivity index (χ2n) is 6.80. The van der Waals surface area contributed by atoms with Crippen LogP contribution in [0.15, 0.2) is 24.3 Å². The third kappa shape index (κ3) is 5.60. The zero-order valence-corrected chi connectivity index (χ0v) is 18.2. The van der Waals surface area contributed by atoms with Gasteiger partial charge >= 0.3 is 0 Å². The molecule has 156 valence electrons. The van der Waals surface area contributed by atoms with Crippen molar-refractivity contribution in [2.75, 3.05) is 26.5 Å². The van der Waals surface area contributed by atoms with Gasteiger partial charge in [0.25, 0.3) is 5.91 Å². The number of rotatable bonds is 8. The molecule has 0 saturated heterocycles. The second-order valence-corrected chi connectivity index (χ2v) is 7.16. The fourth-order valence-electron chi connectivity index (χ4n) is 2.74. The van der Waals surface area contributed by atoms with Gasteiger partial charge in [0.1, 0.15) is 10.9 Å². The summed E-state index contributed by atoms with van der Waals surface area (Å²) in [7, 11) is 4.84. The first-order valence-corrected chi connectivity index (χ1v) is 9.77. The molecule has 0 aliphatic rings. The maximum absolute atomic E-state index is 12.5. The van der Waals surface area contributed by atoms with Crippen LogP contribution in [0, 0.1) is 6.92 Å². The Morgan fingerprint density at radius 1 is 1.34 bits per heavy atom. The number of ether oxygens (including phenoxy) is 1. The Bertz CT molecular complexity index is 919. The molecule has 0 spiro atoms. The van der Waals surface area contributed by atoms with Crippen molar-refractivity contribution in [1.29, 1.82) is 0 Å². The van der Waals surface area contributed by atoms with E-state index in [4.69, 9.17) is 16.3 Å². The monoisotopic (exact) mass is 418 g/mol. The smallest absolute Gasteiger partial charge is 0.253 e. The van der Waals surface area contributed by atoms with E-state index in [1.807, 2.05) is 6.92 Å². The molecule has 0 fully saturated rings. The summed E-state index contributed by atoms with van der Waals surface area (Å²) in [4.78, 5) is 26.1. The summed E-state index contributed by atoms with van der Waals surface area (Å²) in [6, 6.07) is 4.89. The van der Waals surface area contributed by atoms with Crippen LogP contribution in [0.2, 0.25) is 5.15 Å². The van der Waals surface area contributed by atoms with Crippen LogP contribution >= 0.6 is 11.6 Å². The number of anilines is 1. The Morgan fingerprint density at radius 3 is 2.69 bits per heavy atom. The maximum Gasteiger partial charge on any atom is 0.253 e. The van der Waals surface area contributed by atoms with E-state index in [1.165, 1.54) is 18.1 Å². The van der Waals surface area contributed by atoms with Crippen LogP contribution in [-0.4, -0.2) is 47.7 Å². The highest BCUT2D eigenvalue weighted by Crippen LogP contribution is 2.26. The van der Waals surface area contributed by atoms with Crippen LogP contribution in [0.25, 0.3) is 6.08 Å². The summed E-state index contributed by atoms with van der Waals surface area (Å²) >= 11 is 6.40. The Kier molecular flexibility index (Phi) is 7.84. The Morgan fingerprint density at radius 2 is 2.07 bits per heavy atom. The largest absolute Gasteiger partial charge is 0.495 e. The van der Waals surface area contributed by atoms with Crippen LogP contribution in [0.3, 0.4) is 0 Å². The topological polar surface area (TPSA) is 76.5 Å². The van der Waals surface area contributed by atoms with Crippen molar-refractivity contribution in [3.63, 3.8) is 0 Å². The number of unbranched alkanes of at least 4 members (excludes halogenated alkanes) is 1. The van der Waals surface area contributed by atoms with Crippen molar-refractivity contribution in [2.24, 2.45) is 0 Å². The number of halogens is 1. The van der Waals surface area contributed by atoms with Crippen molar-refractivity contribution >= 4 is 35.2 Å². The van der Waals surface area contributed by atoms with Gasteiger partial charge in [-0.25, -0.2) is 0 Å². The third-order valence-corrected chi connectivity index (χ3v) is 4.74. The van der Waals surface area contributed by atoms with Gasteiger partial charge in [-0.05, 0) is 37.6 Å². The Labute approximate surface area is 176 Å². The molecule has 0 bridgehead atoms. The fraction of sp³-hybridized carbons (Fsp3) is 0.381. The van der Waals surface area contributed by atoms with E-state index in [9.17, 15) is 9.59 Å². The molecule has 1 N–H and O–H groups in total. The Hall–Kier alpha value is -2.80. The van der Waals surface area contributed by atoms with E-state index in [0.29, 0.717) is 27.7 Å². The van der Waals surface area contributed by atoms with Crippen LogP contribution in [0.5, 0.6) is 5.75 Å². The molecule has 0 aliphatic heterocycles. The van der Waals surface area contributed by atoms with Crippen LogP contribution < -0.4 is 10.1 Å². The van der Waals surface area contributed by atoms with Crippen LogP contribution in [0.4, 0.5) is 5.69 Å². The van der Waals surface area contributed by atoms with Gasteiger partial charge in [0, 0.05) is 37.8 Å². The minimum Gasteiger partial charge on any atom is -0.495 e. The van der Waals surface area contributed by atoms with Gasteiger partial charge in [-0.1, -0.05) is 24.9 Å². The number of amides is 2. The van der Waals surface area contributed by atoms with Crippen LogP contribution in [-0.2, 0) is 11.3 Å². The van der Waals surface area contributed by atoms with Gasteiger partial charge in [-0.3, -0.25) is 14.3 Å². The zero-order chi connectivity index (χ0) is 21.6. The van der Waals surface area contributed by atoms with Crippen LogP contribution in [0.1, 0.15) is 41.4 Å². The summed E-state index contributed by atoms with van der Waals surface area (Å²) in [6.07, 6.45) is 5.05. The predicted octanol–water partition coefficient (Wildman–Crippen LogP) is 4.01. The lowest BCUT2D eigenvalue weighted by Crippen LogP contribution is -2.22. The number of benzene rings is 1. The lowest BCUT2D eigenvalue weighted by atomic mass is 10.1. The zero-order valence-electron chi connectivity index (χ0n) is 17.5. The minimum absolute atomic E-state index is 0.166. The molecule has 7 nitrogen and oxygen atoms in total. The lowest BCUT2D eigenvalue weighted by molar-refractivity contribution is -0.111. The van der Waals surface area contributed by atoms with Gasteiger partial charge in [-0.15, -0.1) is 0 Å². The molecule has 29 heavy (non-hydrogen) atoms. The molecule has 0 atom stereocenters. The molecule has 1 aromatic heterocycles. The van der Waals surface area contributed by atoms with E-state index < -0.39 is 0 Å². The first-order valence-electron chi connectivity index (χ1n) is 9.40. The average molecular weight is 419 g/mol. The second kappa shape index (κ2) is 10.1. The van der Waals surface area contributed by atoms with E-state index >= 15 is 0 Å². The highest BCUT2D eigenvalue weighted by molar-refractivity contribution is 6.31. The highest BCUT2D eigenvalue weighted by atomic mass is 35.5. The number of hydrogen-bond donors (Lipinski definition) is 1. The van der Waals surface area contributed by atoms with E-state index in [0.717, 1.165) is 25.1 Å². The van der Waals surface area contributed by atoms with Gasteiger partial charge < -0.3 is 15.0 Å². The maximum atomic E-state index is 12.5. The fourth-order valence-corrected chi connectivity index (χ4v) is 3.06. The molecule has 0 aliphatic carbocycles. The molecule has 1 aromatic carbocycles. The van der Waals surface area contributed by atoms with E-state index in [2.05, 4.69) is 17.3 Å². The first kappa shape index (κ1) is 22.5. The molecule has 2 rings (SSSR count). The number of hydrogen-bond acceptors (Lipinski definition) is 4. The standard InChI is InChI=1S/C21H27ClN4O3/c1-6-7-12-26-20(22)16(14(2)24-26)9-11-19(27)23-17-13-15(21(28)25(3)4)8-10-18(17)29-5/h8-11,13H,6-7,12H2,1-5H3,(H,23,27)/b11-9+. The lowest BCUT2D eigenvalue weighted by Gasteiger charge is -2.14. The molecule has 2 amide bonds. The SMILES string of the molecule is CCCCn1nc(C)c(/C=C/C(=O)Nc2cc(C(=O)N(C)C)ccc2OC)c1Cl. The van der Waals surface area contributed by atoms with E-state index in [1.54, 1.807) is 43.1 Å². The van der Waals surface area contributed by atoms with Crippen molar-refractivity contribution < 1.29 is 14.3 Å². The van der Waals surface area contributed by atoms with Gasteiger partial charge in [-0.2, -0.15) is 5.10 Å². The molecule has 1 heterocycles. The first-order chi connectivity index (χ1) is 13.8. The summed E-state index contributed by atoms with van der Waals surface area (Å²) < 4.78 is 7.03. The summed E-state index contributed by atoms with van der Waals surface area (Å²) in [6.45, 7) is 4.69. The number of carbonyl (C=O) groups excluding carboxylic acids is 2. The number of methoxy groups -OCH3 is 1. The third-order valence-electron chi connectivity index (χ3n) is 4.34. The molecular formula is C21H27ClN4O3. The number of aromatic nitrogens is 2. The van der Waals surface area contributed by atoms with E-state index in [-0.39, 0.29) is 11.8 Å². The molecule has 0 saturated carbocycles. The highest BCUT2D eigenvalue weighted by Gasteiger charge is 2.14. The van der Waals surface area contributed by atoms with Crippen molar-refractivity contribution in [2.45, 2.75) is 33.2 Å². The van der Waals surface area contributed by atoms with Gasteiger partial charge in [0.15, 0.2) is 0 Å². The average Bonchev–Trinajstić information content (AvgIpc) is 2.96. The van der Waals surface area contributed by atoms with Gasteiger partial charge in [0.2, 0.25) is 5.91 Å². The Balaban J connectivity index is 2.20. The molecular weight excluding hydrogens is 392 g/mol. The number of nitrogens with zero attached hydrogens (tertiary/aromatic N) is 3. The number of carbonyl (C=O) groups is 2. The predicted molar refractivity (Wildman–Crippen MR) is 116 cm³/mol. The molecule has 0 unspecified atom stereocenters. The number of nitrogens with one attached hydrogen (secondary N) is 1. The quantitative estimate of drug-likeness (QED) is 0.657. The number of aryl methyl sites for hydroxylation is 2. The normalized spacial score (nSPS) is 11.0.